The van der Waals surface area contributed by atoms with Gasteiger partial charge in [0.25, 0.3) is 0 Å². The molecule has 4 nitrogen and oxygen atoms in total. The highest BCUT2D eigenvalue weighted by molar-refractivity contribution is 5.76. The Morgan fingerprint density at radius 3 is 2.75 bits per heavy atom. The maximum absolute atomic E-state index is 11.4. The largest absolute Gasteiger partial charge is 0.469 e. The van der Waals surface area contributed by atoms with E-state index in [9.17, 15) is 4.79 Å². The molecule has 94 valence electrons. The minimum absolute atomic E-state index is 0.150. The van der Waals surface area contributed by atoms with Crippen LogP contribution in [0.3, 0.4) is 0 Å². The fraction of sp³-hybridized carbons (Fsp3) is 0.917. The Bertz CT molecular complexity index is 241. The molecule has 1 aliphatic heterocycles. The molecule has 0 aromatic rings. The van der Waals surface area contributed by atoms with Crippen molar-refractivity contribution in [2.45, 2.75) is 20.3 Å². The highest BCUT2D eigenvalue weighted by Crippen LogP contribution is 2.17. The van der Waals surface area contributed by atoms with Gasteiger partial charge in [-0.1, -0.05) is 0 Å². The Morgan fingerprint density at radius 2 is 2.25 bits per heavy atom. The molecule has 0 amide bonds. The summed E-state index contributed by atoms with van der Waals surface area (Å²) in [6, 6.07) is 0. The van der Waals surface area contributed by atoms with Gasteiger partial charge in [0.05, 0.1) is 12.5 Å². The summed E-state index contributed by atoms with van der Waals surface area (Å²) in [5.41, 5.74) is -0.431. The third-order valence-electron chi connectivity index (χ3n) is 3.23. The number of carbonyl (C=O) groups is 1. The molecule has 4 heteroatoms. The van der Waals surface area contributed by atoms with Gasteiger partial charge in [0.2, 0.25) is 0 Å². The monoisotopic (exact) mass is 228 g/mol. The zero-order valence-electron chi connectivity index (χ0n) is 10.9. The molecular weight excluding hydrogens is 204 g/mol. The van der Waals surface area contributed by atoms with Gasteiger partial charge in [-0.25, -0.2) is 0 Å². The summed E-state index contributed by atoms with van der Waals surface area (Å²) >= 11 is 0. The zero-order valence-corrected chi connectivity index (χ0v) is 10.9. The summed E-state index contributed by atoms with van der Waals surface area (Å²) in [6.45, 7) is 7.84. The second-order valence-electron chi connectivity index (χ2n) is 5.42. The fourth-order valence-corrected chi connectivity index (χ4v) is 2.13. The first-order valence-corrected chi connectivity index (χ1v) is 5.93. The lowest BCUT2D eigenvalue weighted by atomic mass is 9.93. The highest BCUT2D eigenvalue weighted by atomic mass is 16.5. The molecule has 1 atom stereocenters. The maximum atomic E-state index is 11.4. The summed E-state index contributed by atoms with van der Waals surface area (Å²) in [5, 5.41) is 3.38. The van der Waals surface area contributed by atoms with Gasteiger partial charge >= 0.3 is 5.97 Å². The molecule has 0 aromatic heterocycles. The van der Waals surface area contributed by atoms with Gasteiger partial charge in [-0.05, 0) is 46.3 Å². The number of esters is 1. The van der Waals surface area contributed by atoms with Crippen LogP contribution in [0, 0.1) is 11.3 Å². The standard InChI is InChI=1S/C12H24N2O2/c1-12(2,11(15)16-4)9-13-7-10-5-6-14(3)8-10/h10,13H,5-9H2,1-4H3. The molecule has 0 aliphatic carbocycles. The molecule has 1 N–H and O–H groups in total. The van der Waals surface area contributed by atoms with Crippen molar-refractivity contribution in [3.63, 3.8) is 0 Å². The molecule has 0 radical (unpaired) electrons. The lowest BCUT2D eigenvalue weighted by molar-refractivity contribution is -0.150. The molecule has 1 heterocycles. The van der Waals surface area contributed by atoms with E-state index in [4.69, 9.17) is 4.74 Å². The molecule has 1 unspecified atom stereocenters. The predicted molar refractivity (Wildman–Crippen MR) is 64.3 cm³/mol. The lowest BCUT2D eigenvalue weighted by Crippen LogP contribution is -2.39. The number of hydrogen-bond acceptors (Lipinski definition) is 4. The Labute approximate surface area is 98.3 Å². The van der Waals surface area contributed by atoms with Crippen LogP contribution in [-0.2, 0) is 9.53 Å². The summed E-state index contributed by atoms with van der Waals surface area (Å²) in [4.78, 5) is 13.8. The van der Waals surface area contributed by atoms with Gasteiger partial charge in [-0.15, -0.1) is 0 Å². The van der Waals surface area contributed by atoms with Crippen LogP contribution in [0.4, 0.5) is 0 Å². The molecule has 1 saturated heterocycles. The number of ether oxygens (including phenoxy) is 1. The summed E-state index contributed by atoms with van der Waals surface area (Å²) in [6.07, 6.45) is 1.25. The number of likely N-dealkylation sites (tertiary alicyclic amines) is 1. The molecule has 0 spiro atoms. The third kappa shape index (κ3) is 3.76. The number of methoxy groups -OCH3 is 1. The molecule has 0 saturated carbocycles. The van der Waals surface area contributed by atoms with Crippen molar-refractivity contribution in [1.29, 1.82) is 0 Å². The molecule has 1 aliphatic rings. The van der Waals surface area contributed by atoms with Gasteiger partial charge < -0.3 is 15.0 Å². The second kappa shape index (κ2) is 5.64. The Hall–Kier alpha value is -0.610. The normalized spacial score (nSPS) is 22.4. The van der Waals surface area contributed by atoms with Crippen LogP contribution in [0.15, 0.2) is 0 Å². The molecular formula is C12H24N2O2. The SMILES string of the molecule is COC(=O)C(C)(C)CNCC1CCN(C)C1. The Kier molecular flexibility index (Phi) is 4.74. The Morgan fingerprint density at radius 1 is 1.56 bits per heavy atom. The van der Waals surface area contributed by atoms with Crippen LogP contribution >= 0.6 is 0 Å². The predicted octanol–water partition coefficient (Wildman–Crippen LogP) is 0.727. The molecule has 0 aromatic carbocycles. The van der Waals surface area contributed by atoms with E-state index >= 15 is 0 Å². The smallest absolute Gasteiger partial charge is 0.312 e. The van der Waals surface area contributed by atoms with Crippen LogP contribution in [0.25, 0.3) is 0 Å². The van der Waals surface area contributed by atoms with Crippen LogP contribution in [-0.4, -0.2) is 51.2 Å². The number of hydrogen-bond donors (Lipinski definition) is 1. The van der Waals surface area contributed by atoms with Gasteiger partial charge in [-0.2, -0.15) is 0 Å². The van der Waals surface area contributed by atoms with Crippen molar-refractivity contribution < 1.29 is 9.53 Å². The zero-order chi connectivity index (χ0) is 12.2. The van der Waals surface area contributed by atoms with E-state index in [0.717, 1.165) is 19.0 Å². The topological polar surface area (TPSA) is 41.6 Å². The fourth-order valence-electron chi connectivity index (χ4n) is 2.13. The number of carbonyl (C=O) groups excluding carboxylic acids is 1. The minimum Gasteiger partial charge on any atom is -0.469 e. The molecule has 1 rings (SSSR count). The van der Waals surface area contributed by atoms with Crippen LogP contribution in [0.2, 0.25) is 0 Å². The van der Waals surface area contributed by atoms with Crippen LogP contribution in [0.1, 0.15) is 20.3 Å². The van der Waals surface area contributed by atoms with Crippen LogP contribution < -0.4 is 5.32 Å². The van der Waals surface area contributed by atoms with E-state index in [1.807, 2.05) is 13.8 Å². The van der Waals surface area contributed by atoms with E-state index in [-0.39, 0.29) is 5.97 Å². The molecule has 16 heavy (non-hydrogen) atoms. The summed E-state index contributed by atoms with van der Waals surface area (Å²) < 4.78 is 4.77. The van der Waals surface area contributed by atoms with E-state index in [0.29, 0.717) is 6.54 Å². The van der Waals surface area contributed by atoms with Gasteiger partial charge in [0, 0.05) is 13.1 Å². The average Bonchev–Trinajstić information content (AvgIpc) is 2.62. The van der Waals surface area contributed by atoms with Crippen molar-refractivity contribution in [2.75, 3.05) is 40.3 Å². The van der Waals surface area contributed by atoms with Crippen LogP contribution in [0.5, 0.6) is 0 Å². The number of rotatable bonds is 5. The first kappa shape index (κ1) is 13.5. The number of nitrogens with zero attached hydrogens (tertiary/aromatic N) is 1. The van der Waals surface area contributed by atoms with E-state index in [2.05, 4.69) is 17.3 Å². The summed E-state index contributed by atoms with van der Waals surface area (Å²) in [7, 11) is 3.59. The third-order valence-corrected chi connectivity index (χ3v) is 3.23. The van der Waals surface area contributed by atoms with E-state index < -0.39 is 5.41 Å². The molecule has 1 fully saturated rings. The van der Waals surface area contributed by atoms with Crippen molar-refractivity contribution in [3.05, 3.63) is 0 Å². The summed E-state index contributed by atoms with van der Waals surface area (Å²) in [5.74, 6) is 0.571. The van der Waals surface area contributed by atoms with Crippen molar-refractivity contribution >= 4 is 5.97 Å². The van der Waals surface area contributed by atoms with E-state index in [1.165, 1.54) is 20.1 Å². The minimum atomic E-state index is -0.431. The van der Waals surface area contributed by atoms with Crippen molar-refractivity contribution in [2.24, 2.45) is 11.3 Å². The molecule has 0 bridgehead atoms. The second-order valence-corrected chi connectivity index (χ2v) is 5.42. The van der Waals surface area contributed by atoms with Crippen molar-refractivity contribution in [1.82, 2.24) is 10.2 Å². The van der Waals surface area contributed by atoms with Gasteiger partial charge in [0.15, 0.2) is 0 Å². The Balaban J connectivity index is 2.22. The lowest BCUT2D eigenvalue weighted by Gasteiger charge is -2.22. The maximum Gasteiger partial charge on any atom is 0.312 e. The van der Waals surface area contributed by atoms with Gasteiger partial charge in [0.1, 0.15) is 0 Å². The number of nitrogens with one attached hydrogen (secondary N) is 1. The average molecular weight is 228 g/mol. The van der Waals surface area contributed by atoms with Crippen molar-refractivity contribution in [3.8, 4) is 0 Å². The van der Waals surface area contributed by atoms with E-state index in [1.54, 1.807) is 0 Å². The quantitative estimate of drug-likeness (QED) is 0.704. The highest BCUT2D eigenvalue weighted by Gasteiger charge is 2.28. The van der Waals surface area contributed by atoms with Gasteiger partial charge in [-0.3, -0.25) is 4.79 Å². The first-order chi connectivity index (χ1) is 7.45. The first-order valence-electron chi connectivity index (χ1n) is 5.93.